The molecule has 0 bridgehead atoms. The highest BCUT2D eigenvalue weighted by Crippen LogP contribution is 2.09. The number of nitrogens with two attached hydrogens (primary N) is 1. The first-order valence-corrected chi connectivity index (χ1v) is 26.5. The molecule has 4 atom stereocenters. The molecule has 0 aromatic rings. The van der Waals surface area contributed by atoms with E-state index in [1.807, 2.05) is 20.8 Å². The highest BCUT2D eigenvalue weighted by molar-refractivity contribution is 5.94. The van der Waals surface area contributed by atoms with Gasteiger partial charge in [-0.3, -0.25) is 47.9 Å². The molecule has 0 heterocycles. The molecule has 0 aromatic heterocycles. The maximum Gasteiger partial charge on any atom is 0.242 e. The third kappa shape index (κ3) is 28.8. The van der Waals surface area contributed by atoms with Gasteiger partial charge in [-0.05, 0) is 72.8 Å². The summed E-state index contributed by atoms with van der Waals surface area (Å²) in [5.74, 6) is -6.46. The highest BCUT2D eigenvalue weighted by Gasteiger charge is 2.32. The average molecular weight is 1070 g/mol. The van der Waals surface area contributed by atoms with Gasteiger partial charge in [-0.15, -0.1) is 0 Å². The SMILES string of the molecule is CCCNCC(=O)N(CCC)CC(=O)N(CC(=O)N(CC(=O)N(CCC)CC(=O)N(CCC)CC(=O)N(CC(=O)N(CC(=O)N(CCC)CC(=O)N(CCC)CC(N)=O)CC(C)O)CC(C)O)CC(C)O)CC(C)O. The molecule has 25 nitrogen and oxygen atoms in total. The van der Waals surface area contributed by atoms with Gasteiger partial charge in [0, 0.05) is 58.9 Å². The van der Waals surface area contributed by atoms with Gasteiger partial charge in [-0.1, -0.05) is 41.5 Å². The van der Waals surface area contributed by atoms with Gasteiger partial charge in [-0.2, -0.15) is 0 Å². The molecule has 10 amide bonds. The van der Waals surface area contributed by atoms with Crippen LogP contribution >= 0.6 is 0 Å². The lowest BCUT2D eigenvalue weighted by molar-refractivity contribution is -0.150. The average Bonchev–Trinajstić information content (AvgIpc) is 3.31. The molecule has 4 unspecified atom stereocenters. The molecule has 0 aromatic carbocycles. The number of hydrogen-bond acceptors (Lipinski definition) is 15. The quantitative estimate of drug-likeness (QED) is 0.0346. The van der Waals surface area contributed by atoms with Crippen LogP contribution in [-0.4, -0.2) is 279 Å². The second-order valence-electron chi connectivity index (χ2n) is 19.2. The van der Waals surface area contributed by atoms with Crippen LogP contribution in [0.4, 0.5) is 0 Å². The number of rotatable bonds is 40. The van der Waals surface area contributed by atoms with Crippen molar-refractivity contribution in [1.82, 2.24) is 49.4 Å². The monoisotopic (exact) mass is 1070 g/mol. The fourth-order valence-corrected chi connectivity index (χ4v) is 7.88. The van der Waals surface area contributed by atoms with Crippen molar-refractivity contribution in [3.8, 4) is 0 Å². The third-order valence-corrected chi connectivity index (χ3v) is 11.2. The number of hydrogen-bond donors (Lipinski definition) is 6. The minimum Gasteiger partial charge on any atom is -0.392 e. The summed E-state index contributed by atoms with van der Waals surface area (Å²) in [6.45, 7) is 11.8. The summed E-state index contributed by atoms with van der Waals surface area (Å²) >= 11 is 0. The minimum absolute atomic E-state index is 0.00903. The molecule has 432 valence electrons. The van der Waals surface area contributed by atoms with Gasteiger partial charge in [-0.25, -0.2) is 0 Å². The molecule has 0 aliphatic rings. The van der Waals surface area contributed by atoms with Gasteiger partial charge in [0.25, 0.3) is 0 Å². The number of aliphatic hydroxyl groups is 4. The Hall–Kier alpha value is -5.50. The van der Waals surface area contributed by atoms with Gasteiger partial charge in [0.15, 0.2) is 0 Å². The Morgan fingerprint density at radius 2 is 0.533 bits per heavy atom. The van der Waals surface area contributed by atoms with Crippen LogP contribution in [0.15, 0.2) is 0 Å². The van der Waals surface area contributed by atoms with E-state index in [1.165, 1.54) is 52.2 Å². The van der Waals surface area contributed by atoms with E-state index in [0.717, 1.165) is 26.0 Å². The standard InChI is InChI=1S/C50H93N11O14/c1-11-17-52-23-42(67)54(19-13-3)31-47(72)60(26-39(9)64)35-49(74)59(25-38(8)63)34-46(71)56(21-15-5)30-44(69)57(22-16-6)32-48(73)61(27-40(10)65)36-50(75)58(24-37(7)62)33-45(70)55(20-14-4)29-43(68)53(18-12-2)28-41(51)66/h37-40,52,62-65H,11-36H2,1-10H3,(H2,51,66). The van der Waals surface area contributed by atoms with Crippen LogP contribution < -0.4 is 11.1 Å². The first-order valence-electron chi connectivity index (χ1n) is 26.5. The lowest BCUT2D eigenvalue weighted by Gasteiger charge is -2.33. The Kier molecular flexibility index (Phi) is 35.3. The summed E-state index contributed by atoms with van der Waals surface area (Å²) in [5, 5.41) is 44.5. The predicted octanol–water partition coefficient (Wildman–Crippen LogP) is -2.50. The van der Waals surface area contributed by atoms with E-state index in [2.05, 4.69) is 5.32 Å². The number of nitrogens with zero attached hydrogens (tertiary/aromatic N) is 9. The summed E-state index contributed by atoms with van der Waals surface area (Å²) in [7, 11) is 0. The van der Waals surface area contributed by atoms with Gasteiger partial charge < -0.3 is 75.6 Å². The van der Waals surface area contributed by atoms with Crippen molar-refractivity contribution in [3.63, 3.8) is 0 Å². The Morgan fingerprint density at radius 1 is 0.333 bits per heavy atom. The van der Waals surface area contributed by atoms with Crippen LogP contribution in [-0.2, 0) is 47.9 Å². The number of nitrogens with one attached hydrogen (secondary N) is 1. The molecule has 0 spiro atoms. The molecule has 0 aliphatic carbocycles. The molecule has 0 aliphatic heterocycles. The maximum absolute atomic E-state index is 14.1. The van der Waals surface area contributed by atoms with E-state index in [-0.39, 0.29) is 84.4 Å². The van der Waals surface area contributed by atoms with Crippen molar-refractivity contribution in [2.24, 2.45) is 5.73 Å². The fourth-order valence-electron chi connectivity index (χ4n) is 7.88. The largest absolute Gasteiger partial charge is 0.392 e. The number of carbonyl (C=O) groups excluding carboxylic acids is 10. The van der Waals surface area contributed by atoms with Crippen molar-refractivity contribution in [2.45, 2.75) is 132 Å². The van der Waals surface area contributed by atoms with Gasteiger partial charge >= 0.3 is 0 Å². The van der Waals surface area contributed by atoms with E-state index < -0.39 is 123 Å². The second-order valence-corrected chi connectivity index (χ2v) is 19.2. The molecule has 0 saturated heterocycles. The number of primary amides is 1. The molecule has 0 fully saturated rings. The summed E-state index contributed by atoms with van der Waals surface area (Å²) in [6, 6.07) is 0. The topological polar surface area (TPSA) is 319 Å². The predicted molar refractivity (Wildman–Crippen MR) is 280 cm³/mol. The van der Waals surface area contributed by atoms with Crippen molar-refractivity contribution >= 4 is 59.1 Å². The summed E-state index contributed by atoms with van der Waals surface area (Å²) in [6.07, 6.45) is -1.40. The first-order chi connectivity index (χ1) is 35.3. The van der Waals surface area contributed by atoms with E-state index in [4.69, 9.17) is 5.73 Å². The summed E-state index contributed by atoms with van der Waals surface area (Å²) in [5.41, 5.74) is 5.34. The van der Waals surface area contributed by atoms with Crippen LogP contribution in [0, 0.1) is 0 Å². The normalized spacial score (nSPS) is 12.6. The van der Waals surface area contributed by atoms with Crippen molar-refractivity contribution in [3.05, 3.63) is 0 Å². The first kappa shape index (κ1) is 69.5. The van der Waals surface area contributed by atoms with Crippen LogP contribution in [0.25, 0.3) is 0 Å². The molecule has 0 saturated carbocycles. The molecule has 0 rings (SSSR count). The molecule has 0 radical (unpaired) electrons. The maximum atomic E-state index is 14.1. The Bertz CT molecular complexity index is 1800. The van der Waals surface area contributed by atoms with E-state index >= 15 is 0 Å². The van der Waals surface area contributed by atoms with E-state index in [0.29, 0.717) is 38.6 Å². The summed E-state index contributed by atoms with van der Waals surface area (Å²) in [4.78, 5) is 146. The number of amides is 10. The summed E-state index contributed by atoms with van der Waals surface area (Å²) < 4.78 is 0. The zero-order valence-corrected chi connectivity index (χ0v) is 46.7. The second kappa shape index (κ2) is 38.1. The molecule has 7 N–H and O–H groups in total. The Morgan fingerprint density at radius 3 is 0.733 bits per heavy atom. The van der Waals surface area contributed by atoms with Gasteiger partial charge in [0.1, 0.15) is 0 Å². The number of carbonyl (C=O) groups is 10. The van der Waals surface area contributed by atoms with Crippen LogP contribution in [0.2, 0.25) is 0 Å². The zero-order valence-electron chi connectivity index (χ0n) is 46.7. The van der Waals surface area contributed by atoms with Gasteiger partial charge in [0.05, 0.1) is 89.9 Å². The van der Waals surface area contributed by atoms with Crippen molar-refractivity contribution in [2.75, 3.05) is 131 Å². The van der Waals surface area contributed by atoms with Crippen LogP contribution in [0.5, 0.6) is 0 Å². The smallest absolute Gasteiger partial charge is 0.242 e. The molecule has 25 heteroatoms. The molecular weight excluding hydrogens is 979 g/mol. The number of aliphatic hydroxyl groups excluding tert-OH is 4. The van der Waals surface area contributed by atoms with Crippen LogP contribution in [0.3, 0.4) is 0 Å². The van der Waals surface area contributed by atoms with E-state index in [1.54, 1.807) is 20.8 Å². The zero-order chi connectivity index (χ0) is 57.4. The van der Waals surface area contributed by atoms with Crippen molar-refractivity contribution < 1.29 is 68.4 Å². The van der Waals surface area contributed by atoms with Crippen molar-refractivity contribution in [1.29, 1.82) is 0 Å². The van der Waals surface area contributed by atoms with Crippen LogP contribution in [0.1, 0.15) is 108 Å². The Labute approximate surface area is 444 Å². The third-order valence-electron chi connectivity index (χ3n) is 11.2. The lowest BCUT2D eigenvalue weighted by atomic mass is 10.2. The molecule has 75 heavy (non-hydrogen) atoms. The highest BCUT2D eigenvalue weighted by atomic mass is 16.3. The molecular formula is C50H93N11O14. The van der Waals surface area contributed by atoms with Gasteiger partial charge in [0.2, 0.25) is 59.1 Å². The van der Waals surface area contributed by atoms with E-state index in [9.17, 15) is 68.4 Å². The Balaban J connectivity index is 6.49. The minimum atomic E-state index is -1.15. The fraction of sp³-hybridized carbons (Fsp3) is 0.800. The lowest BCUT2D eigenvalue weighted by Crippen LogP contribution is -2.54.